The summed E-state index contributed by atoms with van der Waals surface area (Å²) in [5.41, 5.74) is 1.44. The van der Waals surface area contributed by atoms with Crippen molar-refractivity contribution in [1.29, 1.82) is 0 Å². The fraction of sp³-hybridized carbons (Fsp3) is 0.227. The van der Waals surface area contributed by atoms with Crippen molar-refractivity contribution in [3.63, 3.8) is 0 Å². The number of benzene rings is 3. The molecule has 6 heteroatoms. The number of carbonyl (C=O) groups excluding carboxylic acids is 1. The van der Waals surface area contributed by atoms with Gasteiger partial charge in [0.2, 0.25) is 11.7 Å². The van der Waals surface area contributed by atoms with Gasteiger partial charge in [0.15, 0.2) is 11.5 Å². The predicted molar refractivity (Wildman–Crippen MR) is 112 cm³/mol. The van der Waals surface area contributed by atoms with Crippen molar-refractivity contribution in [1.82, 2.24) is 0 Å². The number of anilines is 2. The maximum Gasteiger partial charge on any atom is 0.246 e. The van der Waals surface area contributed by atoms with Gasteiger partial charge in [-0.15, -0.1) is 0 Å². The number of hydrogen-bond acceptors (Lipinski definition) is 5. The topological polar surface area (TPSA) is 68.8 Å². The average molecular weight is 380 g/mol. The van der Waals surface area contributed by atoms with Gasteiger partial charge in [-0.1, -0.05) is 30.3 Å². The van der Waals surface area contributed by atoms with Crippen LogP contribution in [0.3, 0.4) is 0 Å². The van der Waals surface area contributed by atoms with E-state index in [0.29, 0.717) is 22.9 Å². The molecule has 28 heavy (non-hydrogen) atoms. The van der Waals surface area contributed by atoms with Crippen molar-refractivity contribution in [2.24, 2.45) is 0 Å². The van der Waals surface area contributed by atoms with Crippen LogP contribution in [-0.2, 0) is 4.79 Å². The van der Waals surface area contributed by atoms with E-state index in [-0.39, 0.29) is 5.91 Å². The quantitative estimate of drug-likeness (QED) is 0.639. The highest BCUT2D eigenvalue weighted by Crippen LogP contribution is 2.40. The number of nitrogens with one attached hydrogen (secondary N) is 2. The zero-order valence-corrected chi connectivity index (χ0v) is 16.4. The fourth-order valence-electron chi connectivity index (χ4n) is 3.00. The van der Waals surface area contributed by atoms with Crippen LogP contribution in [0.1, 0.15) is 6.92 Å². The summed E-state index contributed by atoms with van der Waals surface area (Å²) in [5.74, 6) is 1.39. The number of methoxy groups -OCH3 is 3. The largest absolute Gasteiger partial charge is 0.493 e. The molecule has 3 aromatic carbocycles. The van der Waals surface area contributed by atoms with Crippen molar-refractivity contribution in [3.8, 4) is 17.2 Å². The number of ether oxygens (including phenoxy) is 3. The van der Waals surface area contributed by atoms with Gasteiger partial charge in [0.05, 0.1) is 21.3 Å². The lowest BCUT2D eigenvalue weighted by molar-refractivity contribution is -0.116. The Bertz CT molecular complexity index is 962. The fourth-order valence-corrected chi connectivity index (χ4v) is 3.00. The second-order valence-corrected chi connectivity index (χ2v) is 6.33. The summed E-state index contributed by atoms with van der Waals surface area (Å²) in [7, 11) is 4.65. The standard InChI is InChI=1S/C22H24N2O4/c1-14(23-18-12-19(26-2)21(28-4)20(13-18)27-3)22(25)24-17-10-9-15-7-5-6-8-16(15)11-17/h5-14,23H,1-4H3,(H,24,25)/t14-/m0/s1. The van der Waals surface area contributed by atoms with Gasteiger partial charge in [-0.3, -0.25) is 4.79 Å². The molecular weight excluding hydrogens is 356 g/mol. The summed E-state index contributed by atoms with van der Waals surface area (Å²) in [6.07, 6.45) is 0. The average Bonchev–Trinajstić information content (AvgIpc) is 2.72. The van der Waals surface area contributed by atoms with Crippen LogP contribution in [0.4, 0.5) is 11.4 Å². The molecular formula is C22H24N2O4. The van der Waals surface area contributed by atoms with E-state index in [2.05, 4.69) is 10.6 Å². The Morgan fingerprint density at radius 1 is 0.821 bits per heavy atom. The van der Waals surface area contributed by atoms with Crippen LogP contribution < -0.4 is 24.8 Å². The molecule has 0 saturated heterocycles. The van der Waals surface area contributed by atoms with Crippen LogP contribution in [0.25, 0.3) is 10.8 Å². The molecule has 146 valence electrons. The Labute approximate surface area is 164 Å². The van der Waals surface area contributed by atoms with Gasteiger partial charge in [0, 0.05) is 23.5 Å². The molecule has 0 saturated carbocycles. The summed E-state index contributed by atoms with van der Waals surface area (Å²) in [6, 6.07) is 16.9. The smallest absolute Gasteiger partial charge is 0.246 e. The number of fused-ring (bicyclic) bond motifs is 1. The zero-order valence-electron chi connectivity index (χ0n) is 16.4. The summed E-state index contributed by atoms with van der Waals surface area (Å²) in [6.45, 7) is 1.79. The molecule has 0 aliphatic carbocycles. The summed E-state index contributed by atoms with van der Waals surface area (Å²) in [4.78, 5) is 12.6. The summed E-state index contributed by atoms with van der Waals surface area (Å²) >= 11 is 0. The highest BCUT2D eigenvalue weighted by atomic mass is 16.5. The highest BCUT2D eigenvalue weighted by molar-refractivity contribution is 5.98. The molecule has 0 heterocycles. The number of amides is 1. The van der Waals surface area contributed by atoms with Crippen molar-refractivity contribution in [2.45, 2.75) is 13.0 Å². The Morgan fingerprint density at radius 2 is 1.46 bits per heavy atom. The lowest BCUT2D eigenvalue weighted by atomic mass is 10.1. The molecule has 0 bridgehead atoms. The lowest BCUT2D eigenvalue weighted by Crippen LogP contribution is -2.31. The maximum absolute atomic E-state index is 12.6. The number of carbonyl (C=O) groups is 1. The molecule has 0 fully saturated rings. The molecule has 0 aliphatic rings. The third-order valence-corrected chi connectivity index (χ3v) is 4.46. The van der Waals surface area contributed by atoms with Gasteiger partial charge >= 0.3 is 0 Å². The Kier molecular flexibility index (Phi) is 5.89. The molecule has 6 nitrogen and oxygen atoms in total. The van der Waals surface area contributed by atoms with E-state index in [9.17, 15) is 4.79 Å². The zero-order chi connectivity index (χ0) is 20.1. The van der Waals surface area contributed by atoms with Gasteiger partial charge in [-0.05, 0) is 29.8 Å². The first kappa shape index (κ1) is 19.4. The molecule has 2 N–H and O–H groups in total. The molecule has 0 aliphatic heterocycles. The van der Waals surface area contributed by atoms with E-state index >= 15 is 0 Å². The van der Waals surface area contributed by atoms with Gasteiger partial charge in [-0.2, -0.15) is 0 Å². The van der Waals surface area contributed by atoms with Crippen molar-refractivity contribution in [2.75, 3.05) is 32.0 Å². The van der Waals surface area contributed by atoms with E-state index in [1.807, 2.05) is 42.5 Å². The molecule has 1 atom stereocenters. The lowest BCUT2D eigenvalue weighted by Gasteiger charge is -2.18. The molecule has 3 aromatic rings. The van der Waals surface area contributed by atoms with E-state index < -0.39 is 6.04 Å². The van der Waals surface area contributed by atoms with Gasteiger partial charge in [0.25, 0.3) is 0 Å². The molecule has 0 unspecified atom stereocenters. The Morgan fingerprint density at radius 3 is 2.07 bits per heavy atom. The summed E-state index contributed by atoms with van der Waals surface area (Å²) < 4.78 is 16.0. The highest BCUT2D eigenvalue weighted by Gasteiger charge is 2.17. The maximum atomic E-state index is 12.6. The van der Waals surface area contributed by atoms with Gasteiger partial charge in [-0.25, -0.2) is 0 Å². The Balaban J connectivity index is 1.74. The van der Waals surface area contributed by atoms with E-state index in [1.165, 1.54) is 0 Å². The van der Waals surface area contributed by atoms with Gasteiger partial charge in [0.1, 0.15) is 6.04 Å². The van der Waals surface area contributed by atoms with Crippen molar-refractivity contribution >= 4 is 28.1 Å². The predicted octanol–water partition coefficient (Wildman–Crippen LogP) is 4.30. The number of hydrogen-bond donors (Lipinski definition) is 2. The third-order valence-electron chi connectivity index (χ3n) is 4.46. The van der Waals surface area contributed by atoms with E-state index in [1.54, 1.807) is 40.4 Å². The second kappa shape index (κ2) is 8.52. The Hall–Kier alpha value is -3.41. The van der Waals surface area contributed by atoms with Crippen molar-refractivity contribution in [3.05, 3.63) is 54.6 Å². The molecule has 0 radical (unpaired) electrons. The minimum atomic E-state index is -0.478. The third kappa shape index (κ3) is 4.11. The first-order chi connectivity index (χ1) is 13.5. The van der Waals surface area contributed by atoms with Crippen LogP contribution >= 0.6 is 0 Å². The van der Waals surface area contributed by atoms with Crippen LogP contribution in [0.5, 0.6) is 17.2 Å². The van der Waals surface area contributed by atoms with Crippen LogP contribution in [0.2, 0.25) is 0 Å². The van der Waals surface area contributed by atoms with Crippen LogP contribution in [-0.4, -0.2) is 33.3 Å². The minimum Gasteiger partial charge on any atom is -0.493 e. The van der Waals surface area contributed by atoms with Crippen molar-refractivity contribution < 1.29 is 19.0 Å². The van der Waals surface area contributed by atoms with E-state index in [0.717, 1.165) is 16.5 Å². The van der Waals surface area contributed by atoms with Crippen LogP contribution in [0, 0.1) is 0 Å². The molecule has 1 amide bonds. The molecule has 0 aromatic heterocycles. The first-order valence-electron chi connectivity index (χ1n) is 8.92. The molecule has 0 spiro atoms. The van der Waals surface area contributed by atoms with E-state index in [4.69, 9.17) is 14.2 Å². The number of rotatable bonds is 7. The van der Waals surface area contributed by atoms with Gasteiger partial charge < -0.3 is 24.8 Å². The first-order valence-corrected chi connectivity index (χ1v) is 8.92. The SMILES string of the molecule is COc1cc(N[C@@H](C)C(=O)Nc2ccc3ccccc3c2)cc(OC)c1OC. The van der Waals surface area contributed by atoms with Crippen LogP contribution in [0.15, 0.2) is 54.6 Å². The summed E-state index contributed by atoms with van der Waals surface area (Å²) in [5, 5.41) is 8.32. The monoisotopic (exact) mass is 380 g/mol. The second-order valence-electron chi connectivity index (χ2n) is 6.33. The minimum absolute atomic E-state index is 0.149. The normalized spacial score (nSPS) is 11.6. The molecule has 3 rings (SSSR count).